The number of nitrogens with one attached hydrogen (secondary N) is 2. The van der Waals surface area contributed by atoms with E-state index in [1.54, 1.807) is 6.20 Å². The van der Waals surface area contributed by atoms with Crippen LogP contribution in [-0.2, 0) is 0 Å². The topological polar surface area (TPSA) is 70.2 Å². The molecule has 1 aromatic heterocycles. The third-order valence-electron chi connectivity index (χ3n) is 5.25. The van der Waals surface area contributed by atoms with Gasteiger partial charge in [0, 0.05) is 53.2 Å². The second-order valence-corrected chi connectivity index (χ2v) is 7.98. The third-order valence-corrected chi connectivity index (χ3v) is 5.50. The fourth-order valence-electron chi connectivity index (χ4n) is 3.71. The molecular formula is C23H24ClN5O. The van der Waals surface area contributed by atoms with Gasteiger partial charge in [-0.2, -0.15) is 0 Å². The van der Waals surface area contributed by atoms with Crippen LogP contribution >= 0.6 is 11.6 Å². The number of hydrogen-bond donors (Lipinski definition) is 2. The molecule has 2 heterocycles. The molecule has 2 aromatic carbocycles. The van der Waals surface area contributed by atoms with Gasteiger partial charge in [-0.1, -0.05) is 23.7 Å². The Morgan fingerprint density at radius 1 is 1.03 bits per heavy atom. The lowest BCUT2D eigenvalue weighted by atomic mass is 10.1. The summed E-state index contributed by atoms with van der Waals surface area (Å²) in [5.41, 5.74) is 3.26. The molecule has 0 bridgehead atoms. The fourth-order valence-corrected chi connectivity index (χ4v) is 3.83. The Morgan fingerprint density at radius 3 is 2.37 bits per heavy atom. The molecule has 7 heteroatoms. The highest BCUT2D eigenvalue weighted by molar-refractivity contribution is 6.30. The summed E-state index contributed by atoms with van der Waals surface area (Å²) in [5.74, 6) is 0.551. The Morgan fingerprint density at radius 2 is 1.70 bits per heavy atom. The predicted molar refractivity (Wildman–Crippen MR) is 120 cm³/mol. The number of carbonyl (C=O) groups is 1. The summed E-state index contributed by atoms with van der Waals surface area (Å²) in [6.45, 7) is 5.77. The van der Waals surface area contributed by atoms with Crippen LogP contribution in [-0.4, -0.2) is 45.9 Å². The molecule has 0 aliphatic carbocycles. The Hall–Kier alpha value is -2.96. The third kappa shape index (κ3) is 4.45. The standard InChI is InChI=1S/C23H24ClN5O/c1-15-13-25-14-16(2)29(15)22(30)18-5-9-20(10-6-18)27-23-26-12-11-21(28-23)17-3-7-19(24)8-4-17/h3-12,15-16,25H,13-14H2,1-2H3,(H,26,27,28). The molecule has 1 saturated heterocycles. The zero-order valence-corrected chi connectivity index (χ0v) is 17.7. The van der Waals surface area contributed by atoms with Gasteiger partial charge in [-0.15, -0.1) is 0 Å². The number of amides is 1. The molecule has 1 amide bonds. The van der Waals surface area contributed by atoms with Crippen molar-refractivity contribution < 1.29 is 4.79 Å². The first-order valence-electron chi connectivity index (χ1n) is 10.0. The molecule has 30 heavy (non-hydrogen) atoms. The number of halogens is 1. The van der Waals surface area contributed by atoms with Gasteiger partial charge < -0.3 is 15.5 Å². The van der Waals surface area contributed by atoms with E-state index in [-0.39, 0.29) is 18.0 Å². The van der Waals surface area contributed by atoms with Crippen LogP contribution in [0, 0.1) is 0 Å². The molecule has 6 nitrogen and oxygen atoms in total. The lowest BCUT2D eigenvalue weighted by Gasteiger charge is -2.39. The molecule has 0 saturated carbocycles. The van der Waals surface area contributed by atoms with Crippen LogP contribution in [0.2, 0.25) is 5.02 Å². The number of nitrogens with zero attached hydrogens (tertiary/aromatic N) is 3. The van der Waals surface area contributed by atoms with Crippen LogP contribution in [0.5, 0.6) is 0 Å². The molecule has 1 aliphatic rings. The van der Waals surface area contributed by atoms with Crippen molar-refractivity contribution in [3.8, 4) is 11.3 Å². The van der Waals surface area contributed by atoms with Crippen LogP contribution in [0.3, 0.4) is 0 Å². The van der Waals surface area contributed by atoms with E-state index in [0.717, 1.165) is 30.0 Å². The van der Waals surface area contributed by atoms with Gasteiger partial charge in [0.15, 0.2) is 0 Å². The molecule has 0 spiro atoms. The van der Waals surface area contributed by atoms with Gasteiger partial charge in [-0.3, -0.25) is 4.79 Å². The smallest absolute Gasteiger partial charge is 0.254 e. The van der Waals surface area contributed by atoms with Crippen molar-refractivity contribution in [3.05, 3.63) is 71.4 Å². The molecule has 0 radical (unpaired) electrons. The van der Waals surface area contributed by atoms with Crippen LogP contribution < -0.4 is 10.6 Å². The quantitative estimate of drug-likeness (QED) is 0.654. The maximum Gasteiger partial charge on any atom is 0.254 e. The van der Waals surface area contributed by atoms with E-state index in [0.29, 0.717) is 16.5 Å². The Bertz CT molecular complexity index is 1010. The van der Waals surface area contributed by atoms with Crippen LogP contribution in [0.25, 0.3) is 11.3 Å². The monoisotopic (exact) mass is 421 g/mol. The number of carbonyl (C=O) groups excluding carboxylic acids is 1. The molecule has 4 rings (SSSR count). The molecule has 2 unspecified atom stereocenters. The molecule has 1 fully saturated rings. The number of piperazine rings is 1. The zero-order valence-electron chi connectivity index (χ0n) is 17.0. The van der Waals surface area contributed by atoms with Crippen LogP contribution in [0.15, 0.2) is 60.8 Å². The summed E-state index contributed by atoms with van der Waals surface area (Å²) in [6.07, 6.45) is 1.71. The van der Waals surface area contributed by atoms with E-state index in [9.17, 15) is 4.79 Å². The first-order valence-corrected chi connectivity index (χ1v) is 10.4. The van der Waals surface area contributed by atoms with Crippen molar-refractivity contribution in [1.82, 2.24) is 20.2 Å². The molecule has 2 atom stereocenters. The minimum absolute atomic E-state index is 0.0593. The summed E-state index contributed by atoms with van der Waals surface area (Å²) < 4.78 is 0. The second-order valence-electron chi connectivity index (χ2n) is 7.54. The maximum atomic E-state index is 13.0. The minimum Gasteiger partial charge on any atom is -0.331 e. The minimum atomic E-state index is 0.0593. The Kier molecular flexibility index (Phi) is 5.97. The highest BCUT2D eigenvalue weighted by Crippen LogP contribution is 2.22. The van der Waals surface area contributed by atoms with E-state index in [4.69, 9.17) is 11.6 Å². The van der Waals surface area contributed by atoms with Gasteiger partial charge >= 0.3 is 0 Å². The molecule has 2 N–H and O–H groups in total. The van der Waals surface area contributed by atoms with E-state index in [2.05, 4.69) is 34.4 Å². The molecule has 154 valence electrons. The number of hydrogen-bond acceptors (Lipinski definition) is 5. The van der Waals surface area contributed by atoms with Crippen molar-refractivity contribution in [2.24, 2.45) is 0 Å². The first-order chi connectivity index (χ1) is 14.5. The average molecular weight is 422 g/mol. The Balaban J connectivity index is 1.48. The number of aromatic nitrogens is 2. The fraction of sp³-hybridized carbons (Fsp3) is 0.261. The summed E-state index contributed by atoms with van der Waals surface area (Å²) in [4.78, 5) is 23.8. The maximum absolute atomic E-state index is 13.0. The molecular weight excluding hydrogens is 398 g/mol. The largest absolute Gasteiger partial charge is 0.331 e. The summed E-state index contributed by atoms with van der Waals surface area (Å²) in [6, 6.07) is 17.2. The summed E-state index contributed by atoms with van der Waals surface area (Å²) in [7, 11) is 0. The van der Waals surface area contributed by atoms with Crippen LogP contribution in [0.4, 0.5) is 11.6 Å². The van der Waals surface area contributed by atoms with Gasteiger partial charge in [-0.05, 0) is 56.3 Å². The SMILES string of the molecule is CC1CNCC(C)N1C(=O)c1ccc(Nc2nccc(-c3ccc(Cl)cc3)n2)cc1. The lowest BCUT2D eigenvalue weighted by Crippen LogP contribution is -2.57. The van der Waals surface area contributed by atoms with E-state index in [1.165, 1.54) is 0 Å². The Labute approximate surface area is 181 Å². The summed E-state index contributed by atoms with van der Waals surface area (Å²) in [5, 5.41) is 7.24. The molecule has 1 aliphatic heterocycles. The normalized spacial score (nSPS) is 18.8. The number of anilines is 2. The summed E-state index contributed by atoms with van der Waals surface area (Å²) >= 11 is 5.96. The van der Waals surface area contributed by atoms with Crippen molar-refractivity contribution in [2.75, 3.05) is 18.4 Å². The van der Waals surface area contributed by atoms with Gasteiger partial charge in [0.25, 0.3) is 5.91 Å². The highest BCUT2D eigenvalue weighted by Gasteiger charge is 2.29. The second kappa shape index (κ2) is 8.81. The van der Waals surface area contributed by atoms with Gasteiger partial charge in [0.1, 0.15) is 0 Å². The number of benzene rings is 2. The zero-order chi connectivity index (χ0) is 21.1. The van der Waals surface area contributed by atoms with E-state index >= 15 is 0 Å². The van der Waals surface area contributed by atoms with E-state index in [1.807, 2.05) is 59.5 Å². The van der Waals surface area contributed by atoms with Crippen molar-refractivity contribution in [1.29, 1.82) is 0 Å². The van der Waals surface area contributed by atoms with Gasteiger partial charge in [-0.25, -0.2) is 9.97 Å². The van der Waals surface area contributed by atoms with Crippen molar-refractivity contribution >= 4 is 29.1 Å². The van der Waals surface area contributed by atoms with Gasteiger partial charge in [0.05, 0.1) is 5.69 Å². The lowest BCUT2D eigenvalue weighted by molar-refractivity contribution is 0.0544. The van der Waals surface area contributed by atoms with Crippen molar-refractivity contribution in [3.63, 3.8) is 0 Å². The predicted octanol–water partition coefficient (Wildman–Crippen LogP) is 4.36. The average Bonchev–Trinajstić information content (AvgIpc) is 2.75. The van der Waals surface area contributed by atoms with Gasteiger partial charge in [0.2, 0.25) is 5.95 Å². The van der Waals surface area contributed by atoms with Crippen LogP contribution in [0.1, 0.15) is 24.2 Å². The first kappa shape index (κ1) is 20.3. The number of rotatable bonds is 4. The highest BCUT2D eigenvalue weighted by atomic mass is 35.5. The molecule has 3 aromatic rings. The van der Waals surface area contributed by atoms with E-state index < -0.39 is 0 Å². The van der Waals surface area contributed by atoms with Crippen molar-refractivity contribution in [2.45, 2.75) is 25.9 Å².